The molecule has 1 saturated heterocycles. The zero-order valence-electron chi connectivity index (χ0n) is 17.8. The van der Waals surface area contributed by atoms with Crippen LogP contribution in [0.5, 0.6) is 0 Å². The second kappa shape index (κ2) is 9.09. The Kier molecular flexibility index (Phi) is 6.01. The number of imidazole rings is 1. The average molecular weight is 525 g/mol. The van der Waals surface area contributed by atoms with Gasteiger partial charge in [0.15, 0.2) is 6.10 Å². The Morgan fingerprint density at radius 3 is 2.88 bits per heavy atom. The summed E-state index contributed by atoms with van der Waals surface area (Å²) < 4.78 is 6.66. The maximum Gasteiger partial charge on any atom is 0.253 e. The largest absolute Gasteiger partial charge is 0.362 e. The number of morpholine rings is 1. The van der Waals surface area contributed by atoms with Crippen molar-refractivity contribution in [3.63, 3.8) is 0 Å². The number of benzene rings is 2. The van der Waals surface area contributed by atoms with E-state index in [9.17, 15) is 9.59 Å². The van der Waals surface area contributed by atoms with Crippen LogP contribution in [0.1, 0.15) is 22.8 Å². The minimum Gasteiger partial charge on any atom is -0.362 e. The number of anilines is 1. The number of fused-ring (bicyclic) bond motifs is 1. The molecule has 0 bridgehead atoms. The lowest BCUT2D eigenvalue weighted by atomic mass is 10.0. The van der Waals surface area contributed by atoms with E-state index in [4.69, 9.17) is 4.74 Å². The normalized spacial score (nSPS) is 16.1. The van der Waals surface area contributed by atoms with Gasteiger partial charge in [-0.3, -0.25) is 9.59 Å². The van der Waals surface area contributed by atoms with Gasteiger partial charge < -0.3 is 20.4 Å². The fourth-order valence-electron chi connectivity index (χ4n) is 3.91. The molecular formula is C24H21BrN4O3S. The molecule has 5 rings (SSSR count). The molecule has 1 aliphatic rings. The molecule has 1 atom stereocenters. The molecule has 0 aliphatic carbocycles. The van der Waals surface area contributed by atoms with Crippen molar-refractivity contribution in [2.45, 2.75) is 19.4 Å². The molecule has 1 unspecified atom stereocenters. The van der Waals surface area contributed by atoms with E-state index in [1.807, 2.05) is 49.4 Å². The van der Waals surface area contributed by atoms with Crippen LogP contribution in [-0.4, -0.2) is 34.9 Å². The second-order valence-corrected chi connectivity index (χ2v) is 10.3. The van der Waals surface area contributed by atoms with Gasteiger partial charge in [0.25, 0.3) is 5.91 Å². The Morgan fingerprint density at radius 1 is 1.24 bits per heavy atom. The minimum atomic E-state index is -0.607. The van der Waals surface area contributed by atoms with Gasteiger partial charge >= 0.3 is 0 Å². The number of hydrogen-bond acceptors (Lipinski definition) is 5. The number of H-pyrrole nitrogens is 1. The van der Waals surface area contributed by atoms with E-state index < -0.39 is 6.10 Å². The molecule has 7 nitrogen and oxygen atoms in total. The highest BCUT2D eigenvalue weighted by Crippen LogP contribution is 2.31. The van der Waals surface area contributed by atoms with Crippen molar-refractivity contribution in [3.8, 4) is 10.7 Å². The molecule has 168 valence electrons. The fraction of sp³-hybridized carbons (Fsp3) is 0.208. The van der Waals surface area contributed by atoms with Crippen LogP contribution in [0.15, 0.2) is 52.3 Å². The summed E-state index contributed by atoms with van der Waals surface area (Å²) in [5, 5.41) is 5.76. The monoisotopic (exact) mass is 524 g/mol. The van der Waals surface area contributed by atoms with Gasteiger partial charge in [0.1, 0.15) is 5.82 Å². The first-order valence-electron chi connectivity index (χ1n) is 10.5. The predicted molar refractivity (Wildman–Crippen MR) is 132 cm³/mol. The van der Waals surface area contributed by atoms with Crippen LogP contribution in [0.4, 0.5) is 5.69 Å². The highest BCUT2D eigenvalue weighted by atomic mass is 79.9. The molecule has 2 aromatic heterocycles. The first kappa shape index (κ1) is 21.8. The number of thiophene rings is 1. The lowest BCUT2D eigenvalue weighted by Gasteiger charge is -2.24. The highest BCUT2D eigenvalue weighted by molar-refractivity contribution is 9.11. The van der Waals surface area contributed by atoms with E-state index in [0.717, 1.165) is 42.2 Å². The summed E-state index contributed by atoms with van der Waals surface area (Å²) in [6, 6.07) is 15.3. The summed E-state index contributed by atoms with van der Waals surface area (Å²) in [4.78, 5) is 33.8. The molecule has 33 heavy (non-hydrogen) atoms. The summed E-state index contributed by atoms with van der Waals surface area (Å²) >= 11 is 5.09. The first-order valence-corrected chi connectivity index (χ1v) is 12.1. The number of nitrogens with one attached hydrogen (secondary N) is 3. The SMILES string of the molecule is Cc1cc(NC(=O)Cc2ccc3[nH]c(-c4ccc(Br)s4)nc3c2)ccc1C1OCCNC1=O. The van der Waals surface area contributed by atoms with Crippen LogP contribution in [0.25, 0.3) is 21.7 Å². The lowest BCUT2D eigenvalue weighted by Crippen LogP contribution is -2.39. The summed E-state index contributed by atoms with van der Waals surface area (Å²) in [7, 11) is 0. The quantitative estimate of drug-likeness (QED) is 0.351. The molecule has 0 saturated carbocycles. The van der Waals surface area contributed by atoms with Crippen molar-refractivity contribution >= 4 is 55.8 Å². The van der Waals surface area contributed by atoms with Gasteiger partial charge in [-0.1, -0.05) is 12.1 Å². The van der Waals surface area contributed by atoms with Crippen molar-refractivity contribution in [1.82, 2.24) is 15.3 Å². The van der Waals surface area contributed by atoms with Gasteiger partial charge in [-0.25, -0.2) is 4.98 Å². The molecule has 2 aromatic carbocycles. The zero-order valence-corrected chi connectivity index (χ0v) is 20.2. The predicted octanol–water partition coefficient (Wildman–Crippen LogP) is 4.73. The summed E-state index contributed by atoms with van der Waals surface area (Å²) in [6.45, 7) is 2.92. The third kappa shape index (κ3) is 4.71. The van der Waals surface area contributed by atoms with Crippen LogP contribution < -0.4 is 10.6 Å². The Morgan fingerprint density at radius 2 is 2.12 bits per heavy atom. The molecule has 9 heteroatoms. The molecule has 3 heterocycles. The summed E-state index contributed by atoms with van der Waals surface area (Å²) in [6.07, 6.45) is -0.373. The zero-order chi connectivity index (χ0) is 22.9. The molecular weight excluding hydrogens is 504 g/mol. The average Bonchev–Trinajstić information content (AvgIpc) is 3.40. The van der Waals surface area contributed by atoms with Crippen molar-refractivity contribution in [3.05, 3.63) is 69.0 Å². The summed E-state index contributed by atoms with van der Waals surface area (Å²) in [5.74, 6) is 0.560. The van der Waals surface area contributed by atoms with E-state index >= 15 is 0 Å². The topological polar surface area (TPSA) is 96.1 Å². The third-order valence-electron chi connectivity index (χ3n) is 5.48. The number of carbonyl (C=O) groups excluding carboxylic acids is 2. The third-order valence-corrected chi connectivity index (χ3v) is 7.11. The minimum absolute atomic E-state index is 0.119. The van der Waals surface area contributed by atoms with E-state index in [0.29, 0.717) is 18.8 Å². The number of aromatic nitrogens is 2. The van der Waals surface area contributed by atoms with Crippen LogP contribution in [0, 0.1) is 6.92 Å². The van der Waals surface area contributed by atoms with Gasteiger partial charge in [-0.2, -0.15) is 0 Å². The molecule has 1 aliphatic heterocycles. The maximum atomic E-state index is 12.7. The molecule has 3 N–H and O–H groups in total. The molecule has 2 amide bonds. The number of hydrogen-bond donors (Lipinski definition) is 3. The molecule has 4 aromatic rings. The van der Waals surface area contributed by atoms with Crippen molar-refractivity contribution in [1.29, 1.82) is 0 Å². The number of aromatic amines is 1. The van der Waals surface area contributed by atoms with Gasteiger partial charge in [0, 0.05) is 12.2 Å². The van der Waals surface area contributed by atoms with Gasteiger partial charge in [-0.05, 0) is 75.9 Å². The number of aryl methyl sites for hydroxylation is 1. The number of carbonyl (C=O) groups is 2. The lowest BCUT2D eigenvalue weighted by molar-refractivity contribution is -0.138. The van der Waals surface area contributed by atoms with E-state index in [2.05, 4.69) is 36.5 Å². The Balaban J connectivity index is 1.27. The highest BCUT2D eigenvalue weighted by Gasteiger charge is 2.26. The second-order valence-electron chi connectivity index (χ2n) is 7.88. The number of amides is 2. The number of rotatable bonds is 5. The molecule has 1 fully saturated rings. The Labute approximate surface area is 202 Å². The van der Waals surface area contributed by atoms with E-state index in [1.165, 1.54) is 0 Å². The van der Waals surface area contributed by atoms with Crippen LogP contribution in [-0.2, 0) is 20.7 Å². The van der Waals surface area contributed by atoms with Gasteiger partial charge in [0.2, 0.25) is 5.91 Å². The molecule has 0 radical (unpaired) electrons. The van der Waals surface area contributed by atoms with Crippen molar-refractivity contribution < 1.29 is 14.3 Å². The number of halogens is 1. The fourth-order valence-corrected chi connectivity index (χ4v) is 5.24. The van der Waals surface area contributed by atoms with Crippen LogP contribution in [0.2, 0.25) is 0 Å². The standard InChI is InChI=1S/C24H21BrN4O3S/c1-13-10-15(3-4-16(13)22-24(31)26-8-9-32-22)27-21(30)12-14-2-5-17-18(11-14)29-23(28-17)19-6-7-20(25)33-19/h2-7,10-11,22H,8-9,12H2,1H3,(H,26,31)(H,27,30)(H,28,29). The Hall–Kier alpha value is -3.01. The maximum absolute atomic E-state index is 12.7. The van der Waals surface area contributed by atoms with Gasteiger partial charge in [0.05, 0.1) is 32.7 Å². The van der Waals surface area contributed by atoms with Gasteiger partial charge in [-0.15, -0.1) is 11.3 Å². The van der Waals surface area contributed by atoms with Crippen molar-refractivity contribution in [2.24, 2.45) is 0 Å². The smallest absolute Gasteiger partial charge is 0.253 e. The summed E-state index contributed by atoms with van der Waals surface area (Å²) in [5.41, 5.74) is 5.02. The Bertz CT molecular complexity index is 1360. The first-order chi connectivity index (χ1) is 16.0. The van der Waals surface area contributed by atoms with Crippen LogP contribution >= 0.6 is 27.3 Å². The van der Waals surface area contributed by atoms with Crippen LogP contribution in [0.3, 0.4) is 0 Å². The van der Waals surface area contributed by atoms with E-state index in [-0.39, 0.29) is 18.2 Å². The number of nitrogens with zero attached hydrogens (tertiary/aromatic N) is 1. The number of ether oxygens (including phenoxy) is 1. The molecule has 0 spiro atoms. The van der Waals surface area contributed by atoms with Crippen molar-refractivity contribution in [2.75, 3.05) is 18.5 Å². The van der Waals surface area contributed by atoms with E-state index in [1.54, 1.807) is 17.4 Å².